The first-order chi connectivity index (χ1) is 18.9. The molecule has 0 aliphatic carbocycles. The van der Waals surface area contributed by atoms with Gasteiger partial charge in [-0.05, 0) is 73.5 Å². The van der Waals surface area contributed by atoms with Crippen LogP contribution in [0.3, 0.4) is 0 Å². The van der Waals surface area contributed by atoms with Gasteiger partial charge >= 0.3 is 0 Å². The van der Waals surface area contributed by atoms with E-state index in [0.717, 1.165) is 11.1 Å². The van der Waals surface area contributed by atoms with Crippen LogP contribution in [0.2, 0.25) is 0 Å². The van der Waals surface area contributed by atoms with E-state index in [2.05, 4.69) is 6.07 Å². The molecule has 1 fully saturated rings. The topological polar surface area (TPSA) is 89.2 Å². The molecule has 1 N–H and O–H groups in total. The zero-order chi connectivity index (χ0) is 27.4. The summed E-state index contributed by atoms with van der Waals surface area (Å²) in [5.74, 6) is 0.116. The van der Waals surface area contributed by atoms with Crippen LogP contribution in [0, 0.1) is 6.92 Å². The van der Waals surface area contributed by atoms with Gasteiger partial charge in [-0.1, -0.05) is 42.0 Å². The van der Waals surface area contributed by atoms with Gasteiger partial charge in [0.1, 0.15) is 29.6 Å². The minimum atomic E-state index is -0.803. The zero-order valence-electron chi connectivity index (χ0n) is 21.8. The Morgan fingerprint density at radius 3 is 2.31 bits per heavy atom. The van der Waals surface area contributed by atoms with E-state index in [-0.39, 0.29) is 17.9 Å². The smallest absolute Gasteiger partial charge is 0.296 e. The van der Waals surface area contributed by atoms with Crippen molar-refractivity contribution >= 4 is 17.4 Å². The van der Waals surface area contributed by atoms with Gasteiger partial charge in [0.2, 0.25) is 0 Å². The van der Waals surface area contributed by atoms with E-state index in [1.807, 2.05) is 32.0 Å². The first kappa shape index (κ1) is 25.9. The third kappa shape index (κ3) is 5.57. The summed E-state index contributed by atoms with van der Waals surface area (Å²) < 4.78 is 16.9. The van der Waals surface area contributed by atoms with Crippen LogP contribution in [0.25, 0.3) is 5.76 Å². The molecule has 1 saturated heterocycles. The molecule has 1 atom stereocenters. The van der Waals surface area contributed by atoms with Crippen LogP contribution in [0.4, 0.5) is 0 Å². The second-order valence-corrected chi connectivity index (χ2v) is 9.31. The van der Waals surface area contributed by atoms with E-state index in [4.69, 9.17) is 13.9 Å². The van der Waals surface area contributed by atoms with Crippen LogP contribution in [0.15, 0.2) is 101 Å². The molecule has 0 radical (unpaired) electrons. The molecule has 5 rings (SSSR count). The van der Waals surface area contributed by atoms with Crippen molar-refractivity contribution in [3.63, 3.8) is 0 Å². The first-order valence-electron chi connectivity index (χ1n) is 12.8. The third-order valence-corrected chi connectivity index (χ3v) is 6.57. The SMILES string of the molecule is CCOc1ccc([C@H]2C(=C(O)c3ccc(OCc4cccc(C)c4)cc3)C(=O)C(=O)N2Cc2ccco2)cc1. The molecule has 0 spiro atoms. The summed E-state index contributed by atoms with van der Waals surface area (Å²) in [5.41, 5.74) is 3.30. The van der Waals surface area contributed by atoms with Crippen LogP contribution in [0.1, 0.15) is 41.0 Å². The van der Waals surface area contributed by atoms with Crippen LogP contribution in [-0.2, 0) is 22.7 Å². The molecule has 0 saturated carbocycles. The van der Waals surface area contributed by atoms with Gasteiger partial charge in [0.05, 0.1) is 31.0 Å². The quantitative estimate of drug-likeness (QED) is 0.160. The van der Waals surface area contributed by atoms with Gasteiger partial charge < -0.3 is 23.9 Å². The molecule has 1 amide bonds. The molecule has 1 aromatic heterocycles. The van der Waals surface area contributed by atoms with Crippen LogP contribution < -0.4 is 9.47 Å². The molecule has 7 heteroatoms. The number of aliphatic hydroxyl groups is 1. The largest absolute Gasteiger partial charge is 0.507 e. The summed E-state index contributed by atoms with van der Waals surface area (Å²) >= 11 is 0. The molecule has 3 aromatic carbocycles. The van der Waals surface area contributed by atoms with E-state index in [1.54, 1.807) is 60.7 Å². The Bertz CT molecular complexity index is 1490. The van der Waals surface area contributed by atoms with Crippen molar-refractivity contribution < 1.29 is 28.6 Å². The average Bonchev–Trinajstić information content (AvgIpc) is 3.55. The molecule has 4 aromatic rings. The van der Waals surface area contributed by atoms with Gasteiger partial charge in [0, 0.05) is 5.56 Å². The van der Waals surface area contributed by atoms with Crippen LogP contribution in [0.5, 0.6) is 11.5 Å². The molecule has 0 unspecified atom stereocenters. The maximum absolute atomic E-state index is 13.3. The normalized spacial score (nSPS) is 16.5. The molecule has 39 heavy (non-hydrogen) atoms. The fourth-order valence-corrected chi connectivity index (χ4v) is 4.71. The lowest BCUT2D eigenvalue weighted by molar-refractivity contribution is -0.140. The Morgan fingerprint density at radius 1 is 0.923 bits per heavy atom. The minimum Gasteiger partial charge on any atom is -0.507 e. The lowest BCUT2D eigenvalue weighted by atomic mass is 9.95. The number of rotatable bonds is 9. The molecule has 1 aliphatic heterocycles. The number of hydrogen-bond acceptors (Lipinski definition) is 6. The van der Waals surface area contributed by atoms with E-state index in [1.165, 1.54) is 11.2 Å². The highest BCUT2D eigenvalue weighted by atomic mass is 16.5. The summed E-state index contributed by atoms with van der Waals surface area (Å²) in [7, 11) is 0. The third-order valence-electron chi connectivity index (χ3n) is 6.57. The summed E-state index contributed by atoms with van der Waals surface area (Å²) in [4.78, 5) is 27.9. The minimum absolute atomic E-state index is 0.0177. The predicted octanol–water partition coefficient (Wildman–Crippen LogP) is 6.19. The Hall–Kier alpha value is -4.78. The number of aliphatic hydroxyl groups excluding tert-OH is 1. The average molecular weight is 524 g/mol. The monoisotopic (exact) mass is 523 g/mol. The number of aryl methyl sites for hydroxylation is 1. The second kappa shape index (κ2) is 11.3. The lowest BCUT2D eigenvalue weighted by Gasteiger charge is -2.24. The second-order valence-electron chi connectivity index (χ2n) is 9.31. The van der Waals surface area contributed by atoms with Crippen molar-refractivity contribution in [2.75, 3.05) is 6.61 Å². The Balaban J connectivity index is 1.46. The fourth-order valence-electron chi connectivity index (χ4n) is 4.71. The number of nitrogens with zero attached hydrogens (tertiary/aromatic N) is 1. The number of amides is 1. The standard InChI is InChI=1S/C32H29NO6/c1-3-37-25-13-9-23(10-14-25)29-28(31(35)32(36)33(29)19-27-8-5-17-38-27)30(34)24-11-15-26(16-12-24)39-20-22-7-4-6-21(2)18-22/h4-18,29,34H,3,19-20H2,1-2H3/t29-/m0/s1. The fraction of sp³-hybridized carbons (Fsp3) is 0.188. The molecule has 1 aliphatic rings. The summed E-state index contributed by atoms with van der Waals surface area (Å²) in [6.45, 7) is 4.92. The molecule has 198 valence electrons. The maximum Gasteiger partial charge on any atom is 0.296 e. The number of carbonyl (C=O) groups excluding carboxylic acids is 2. The molecule has 0 bridgehead atoms. The highest BCUT2D eigenvalue weighted by Gasteiger charge is 2.46. The zero-order valence-corrected chi connectivity index (χ0v) is 21.8. The number of likely N-dealkylation sites (tertiary alicyclic amines) is 1. The van der Waals surface area contributed by atoms with Gasteiger partial charge in [-0.3, -0.25) is 9.59 Å². The van der Waals surface area contributed by atoms with E-state index >= 15 is 0 Å². The van der Waals surface area contributed by atoms with E-state index in [9.17, 15) is 14.7 Å². The summed E-state index contributed by atoms with van der Waals surface area (Å²) in [6.07, 6.45) is 1.51. The number of carbonyl (C=O) groups is 2. The molecule has 7 nitrogen and oxygen atoms in total. The first-order valence-corrected chi connectivity index (χ1v) is 12.8. The van der Waals surface area contributed by atoms with Crippen LogP contribution in [-0.4, -0.2) is 28.3 Å². The van der Waals surface area contributed by atoms with Crippen molar-refractivity contribution in [1.29, 1.82) is 0 Å². The molecular formula is C32H29NO6. The number of ketones is 1. The predicted molar refractivity (Wildman–Crippen MR) is 146 cm³/mol. The van der Waals surface area contributed by atoms with E-state index in [0.29, 0.717) is 41.6 Å². The van der Waals surface area contributed by atoms with Crippen molar-refractivity contribution in [1.82, 2.24) is 4.90 Å². The van der Waals surface area contributed by atoms with Gasteiger partial charge in [0.25, 0.3) is 11.7 Å². The molecule has 2 heterocycles. The highest BCUT2D eigenvalue weighted by Crippen LogP contribution is 2.41. The number of benzene rings is 3. The van der Waals surface area contributed by atoms with Crippen molar-refractivity contribution in [2.24, 2.45) is 0 Å². The number of furan rings is 1. The summed E-state index contributed by atoms with van der Waals surface area (Å²) in [6, 6.07) is 24.7. The Labute approximate surface area is 226 Å². The number of hydrogen-bond donors (Lipinski definition) is 1. The Kier molecular flexibility index (Phi) is 7.50. The number of ether oxygens (including phenoxy) is 2. The summed E-state index contributed by atoms with van der Waals surface area (Å²) in [5, 5.41) is 11.3. The maximum atomic E-state index is 13.3. The van der Waals surface area contributed by atoms with Crippen LogP contribution >= 0.6 is 0 Å². The van der Waals surface area contributed by atoms with Gasteiger partial charge in [-0.2, -0.15) is 0 Å². The van der Waals surface area contributed by atoms with Crippen molar-refractivity contribution in [3.8, 4) is 11.5 Å². The van der Waals surface area contributed by atoms with Gasteiger partial charge in [0.15, 0.2) is 0 Å². The Morgan fingerprint density at radius 2 is 1.64 bits per heavy atom. The number of Topliss-reactive ketones (excluding diaryl/α,β-unsaturated/α-hetero) is 1. The highest BCUT2D eigenvalue weighted by molar-refractivity contribution is 6.46. The van der Waals surface area contributed by atoms with Crippen molar-refractivity contribution in [3.05, 3.63) is 125 Å². The van der Waals surface area contributed by atoms with Crippen molar-refractivity contribution in [2.45, 2.75) is 33.0 Å². The lowest BCUT2D eigenvalue weighted by Crippen LogP contribution is -2.29. The van der Waals surface area contributed by atoms with Gasteiger partial charge in [-0.15, -0.1) is 0 Å². The molecular weight excluding hydrogens is 494 g/mol. The van der Waals surface area contributed by atoms with E-state index < -0.39 is 17.7 Å². The van der Waals surface area contributed by atoms with Gasteiger partial charge in [-0.25, -0.2) is 0 Å².